The second-order valence-electron chi connectivity index (χ2n) is 7.01. The topological polar surface area (TPSA) is 108 Å². The summed E-state index contributed by atoms with van der Waals surface area (Å²) in [5.41, 5.74) is 0.240. The first kappa shape index (κ1) is 22.1. The van der Waals surface area contributed by atoms with Gasteiger partial charge in [-0.3, -0.25) is 9.59 Å². The highest BCUT2D eigenvalue weighted by molar-refractivity contribution is 6.01. The Balaban J connectivity index is 1.92. The summed E-state index contributed by atoms with van der Waals surface area (Å²) in [4.78, 5) is 30.8. The van der Waals surface area contributed by atoms with E-state index in [1.807, 2.05) is 0 Å². The maximum Gasteiger partial charge on any atom is 0.421 e. The molecule has 2 amide bonds. The van der Waals surface area contributed by atoms with E-state index in [0.717, 1.165) is 11.6 Å². The third kappa shape index (κ3) is 5.71. The average molecular weight is 434 g/mol. The van der Waals surface area contributed by atoms with E-state index in [-0.39, 0.29) is 29.3 Å². The minimum atomic E-state index is -4.70. The fourth-order valence-electron chi connectivity index (χ4n) is 2.97. The zero-order valence-corrected chi connectivity index (χ0v) is 16.6. The number of halogens is 3. The van der Waals surface area contributed by atoms with Crippen molar-refractivity contribution in [3.05, 3.63) is 48.2 Å². The zero-order chi connectivity index (χ0) is 22.6. The molecule has 0 aliphatic carbocycles. The molecule has 2 aromatic rings. The molecule has 0 saturated carbocycles. The highest BCUT2D eigenvalue weighted by atomic mass is 19.4. The monoisotopic (exact) mass is 434 g/mol. The molecule has 1 aliphatic rings. The molecular weight excluding hydrogens is 413 g/mol. The van der Waals surface area contributed by atoms with Gasteiger partial charge < -0.3 is 21.3 Å². The van der Waals surface area contributed by atoms with Crippen LogP contribution in [0.5, 0.6) is 0 Å². The molecule has 2 heterocycles. The maximum absolute atomic E-state index is 13.5. The summed E-state index contributed by atoms with van der Waals surface area (Å²) in [6.07, 6.45) is -2.14. The number of anilines is 4. The minimum Gasteiger partial charge on any atom is -0.354 e. The quantitative estimate of drug-likeness (QED) is 0.520. The van der Waals surface area contributed by atoms with Crippen LogP contribution in [-0.2, 0) is 15.8 Å². The minimum absolute atomic E-state index is 0.0135. The third-order valence-electron chi connectivity index (χ3n) is 4.56. The average Bonchev–Trinajstić information content (AvgIpc) is 2.71. The number of carbonyl (C=O) groups is 2. The van der Waals surface area contributed by atoms with E-state index < -0.39 is 23.5 Å². The number of aryl methyl sites for hydroxylation is 1. The zero-order valence-electron chi connectivity index (χ0n) is 16.6. The number of piperidine rings is 1. The number of amides is 2. The number of alkyl halides is 3. The number of hydrogen-bond acceptors (Lipinski definition) is 6. The number of benzene rings is 1. The number of nitrogens with zero attached hydrogens (tertiary/aromatic N) is 2. The molecule has 164 valence electrons. The van der Waals surface area contributed by atoms with Crippen LogP contribution in [0.25, 0.3) is 0 Å². The summed E-state index contributed by atoms with van der Waals surface area (Å²) < 4.78 is 40.6. The largest absolute Gasteiger partial charge is 0.421 e. The normalized spacial score (nSPS) is 16.3. The van der Waals surface area contributed by atoms with Crippen LogP contribution >= 0.6 is 0 Å². The molecule has 8 nitrogen and oxygen atoms in total. The van der Waals surface area contributed by atoms with Gasteiger partial charge in [0, 0.05) is 25.2 Å². The van der Waals surface area contributed by atoms with Crippen LogP contribution in [0.3, 0.4) is 0 Å². The first-order chi connectivity index (χ1) is 14.7. The standard InChI is InChI=1S/C20H21F3N6O2/c1-3-16(30)27-15-8-11(2)4-6-14(15)28-18-13(20(21,22)23)10-25-19(29-18)26-12-5-7-17(31)24-9-12/h3-4,6,8,10,12H,1,5,7,9H2,2H3,(H,24,31)(H,27,30)(H2,25,26,28,29). The molecule has 1 atom stereocenters. The molecule has 1 aliphatic heterocycles. The lowest BCUT2D eigenvalue weighted by Crippen LogP contribution is -2.42. The van der Waals surface area contributed by atoms with Crippen LogP contribution in [0, 0.1) is 6.92 Å². The summed E-state index contributed by atoms with van der Waals surface area (Å²) in [6, 6.07) is 4.64. The Kier molecular flexibility index (Phi) is 6.42. The predicted molar refractivity (Wildman–Crippen MR) is 110 cm³/mol. The second kappa shape index (κ2) is 9.02. The fourth-order valence-corrected chi connectivity index (χ4v) is 2.97. The van der Waals surface area contributed by atoms with E-state index in [9.17, 15) is 22.8 Å². The van der Waals surface area contributed by atoms with Gasteiger partial charge in [0.1, 0.15) is 11.4 Å². The van der Waals surface area contributed by atoms with Gasteiger partial charge in [0.25, 0.3) is 0 Å². The van der Waals surface area contributed by atoms with Gasteiger partial charge in [0.05, 0.1) is 11.4 Å². The van der Waals surface area contributed by atoms with E-state index >= 15 is 0 Å². The molecular formula is C20H21F3N6O2. The first-order valence-corrected chi connectivity index (χ1v) is 9.44. The van der Waals surface area contributed by atoms with Gasteiger partial charge >= 0.3 is 6.18 Å². The predicted octanol–water partition coefficient (Wildman–Crippen LogP) is 3.36. The molecule has 0 radical (unpaired) electrons. The van der Waals surface area contributed by atoms with Crippen LogP contribution in [-0.4, -0.2) is 34.4 Å². The molecule has 11 heteroatoms. The summed E-state index contributed by atoms with van der Waals surface area (Å²) >= 11 is 0. The maximum atomic E-state index is 13.5. The SMILES string of the molecule is C=CC(=O)Nc1cc(C)ccc1Nc1nc(NC2CCC(=O)NC2)ncc1C(F)(F)F. The molecule has 0 bridgehead atoms. The van der Waals surface area contributed by atoms with Crippen molar-refractivity contribution < 1.29 is 22.8 Å². The Labute approximate surface area is 176 Å². The van der Waals surface area contributed by atoms with E-state index in [1.165, 1.54) is 0 Å². The molecule has 1 aromatic carbocycles. The lowest BCUT2D eigenvalue weighted by Gasteiger charge is -2.24. The Hall–Kier alpha value is -3.63. The van der Waals surface area contributed by atoms with Gasteiger partial charge in [-0.1, -0.05) is 12.6 Å². The van der Waals surface area contributed by atoms with Gasteiger partial charge in [-0.25, -0.2) is 4.98 Å². The number of aromatic nitrogens is 2. The van der Waals surface area contributed by atoms with Crippen LogP contribution in [0.15, 0.2) is 37.1 Å². The van der Waals surface area contributed by atoms with Crippen molar-refractivity contribution in [3.63, 3.8) is 0 Å². The summed E-state index contributed by atoms with van der Waals surface area (Å²) in [5, 5.41) is 10.8. The third-order valence-corrected chi connectivity index (χ3v) is 4.56. The van der Waals surface area contributed by atoms with Crippen molar-refractivity contribution in [2.45, 2.75) is 32.0 Å². The van der Waals surface area contributed by atoms with Crippen LogP contribution in [0.4, 0.5) is 36.3 Å². The van der Waals surface area contributed by atoms with Crippen molar-refractivity contribution >= 4 is 35.0 Å². The lowest BCUT2D eigenvalue weighted by molar-refractivity contribution is -0.137. The number of rotatable bonds is 6. The molecule has 31 heavy (non-hydrogen) atoms. The number of nitrogens with one attached hydrogen (secondary N) is 4. The highest BCUT2D eigenvalue weighted by Crippen LogP contribution is 2.36. The number of hydrogen-bond donors (Lipinski definition) is 4. The molecule has 4 N–H and O–H groups in total. The fraction of sp³-hybridized carbons (Fsp3) is 0.300. The van der Waals surface area contributed by atoms with Crippen molar-refractivity contribution in [1.82, 2.24) is 15.3 Å². The van der Waals surface area contributed by atoms with Crippen LogP contribution in [0.1, 0.15) is 24.0 Å². The Morgan fingerprint density at radius 2 is 2.10 bits per heavy atom. The van der Waals surface area contributed by atoms with E-state index in [2.05, 4.69) is 37.8 Å². The van der Waals surface area contributed by atoms with Gasteiger partial charge in [-0.2, -0.15) is 18.2 Å². The van der Waals surface area contributed by atoms with Gasteiger partial charge in [0.15, 0.2) is 0 Å². The molecule has 1 saturated heterocycles. The van der Waals surface area contributed by atoms with Crippen molar-refractivity contribution in [2.75, 3.05) is 22.5 Å². The molecule has 3 rings (SSSR count). The number of carbonyl (C=O) groups excluding carboxylic acids is 2. The van der Waals surface area contributed by atoms with Gasteiger partial charge in [-0.05, 0) is 37.1 Å². The van der Waals surface area contributed by atoms with Crippen LogP contribution < -0.4 is 21.3 Å². The summed E-state index contributed by atoms with van der Waals surface area (Å²) in [5.74, 6) is -1.07. The van der Waals surface area contributed by atoms with E-state index in [4.69, 9.17) is 0 Å². The van der Waals surface area contributed by atoms with Gasteiger partial charge in [-0.15, -0.1) is 0 Å². The van der Waals surface area contributed by atoms with E-state index in [0.29, 0.717) is 25.6 Å². The van der Waals surface area contributed by atoms with Crippen LogP contribution in [0.2, 0.25) is 0 Å². The molecule has 1 aromatic heterocycles. The smallest absolute Gasteiger partial charge is 0.354 e. The summed E-state index contributed by atoms with van der Waals surface area (Å²) in [6.45, 7) is 5.48. The van der Waals surface area contributed by atoms with Crippen molar-refractivity contribution in [2.24, 2.45) is 0 Å². The molecule has 0 spiro atoms. The first-order valence-electron chi connectivity index (χ1n) is 9.44. The highest BCUT2D eigenvalue weighted by Gasteiger charge is 2.35. The molecule has 1 unspecified atom stereocenters. The summed E-state index contributed by atoms with van der Waals surface area (Å²) in [7, 11) is 0. The van der Waals surface area contributed by atoms with Crippen molar-refractivity contribution in [3.8, 4) is 0 Å². The Bertz CT molecular complexity index is 999. The molecule has 1 fully saturated rings. The van der Waals surface area contributed by atoms with Crippen molar-refractivity contribution in [1.29, 1.82) is 0 Å². The second-order valence-corrected chi connectivity index (χ2v) is 7.01. The lowest BCUT2D eigenvalue weighted by atomic mass is 10.1. The Morgan fingerprint density at radius 1 is 1.32 bits per heavy atom. The van der Waals surface area contributed by atoms with Gasteiger partial charge in [0.2, 0.25) is 17.8 Å². The Morgan fingerprint density at radius 3 is 2.74 bits per heavy atom. The van der Waals surface area contributed by atoms with E-state index in [1.54, 1.807) is 25.1 Å².